The number of benzene rings is 2. The van der Waals surface area contributed by atoms with Crippen molar-refractivity contribution in [3.8, 4) is 17.2 Å². The highest BCUT2D eigenvalue weighted by Crippen LogP contribution is 2.30. The number of amides is 1. The van der Waals surface area contributed by atoms with Gasteiger partial charge in [-0.25, -0.2) is 9.07 Å². The van der Waals surface area contributed by atoms with E-state index in [4.69, 9.17) is 20.1 Å². The van der Waals surface area contributed by atoms with Crippen LogP contribution < -0.4 is 25.4 Å². The number of carbonyl (C=O) groups is 1. The summed E-state index contributed by atoms with van der Waals surface area (Å²) in [6, 6.07) is 10.8. The van der Waals surface area contributed by atoms with Crippen LogP contribution in [-0.4, -0.2) is 39.7 Å². The van der Waals surface area contributed by atoms with E-state index in [2.05, 4.69) is 15.5 Å². The summed E-state index contributed by atoms with van der Waals surface area (Å²) in [6.07, 6.45) is 0. The Labute approximate surface area is 189 Å². The number of hydrogen-bond acceptors (Lipinski definition) is 8. The van der Waals surface area contributed by atoms with Crippen LogP contribution in [0.1, 0.15) is 19.7 Å². The fraction of sp³-hybridized carbons (Fsp3) is 0.286. The number of nitrogens with two attached hydrogens (primary N) is 1. The topological polar surface area (TPSA) is 114 Å². The van der Waals surface area contributed by atoms with E-state index >= 15 is 0 Å². The SMILES string of the molecule is CCOc1ccc(OCC)c(NC(=O)CSc2nnc(COc3ccc(F)cc3)n2N)c1. The molecule has 3 rings (SSSR count). The molecule has 3 aromatic rings. The molecule has 0 aliphatic carbocycles. The van der Waals surface area contributed by atoms with Crippen molar-refractivity contribution in [1.29, 1.82) is 0 Å². The number of nitrogen functional groups attached to an aromatic ring is 1. The normalized spacial score (nSPS) is 10.6. The van der Waals surface area contributed by atoms with Crippen molar-refractivity contribution in [2.45, 2.75) is 25.6 Å². The van der Waals surface area contributed by atoms with Crippen LogP contribution in [-0.2, 0) is 11.4 Å². The summed E-state index contributed by atoms with van der Waals surface area (Å²) in [5.41, 5.74) is 0.519. The first-order valence-electron chi connectivity index (χ1n) is 9.90. The second kappa shape index (κ2) is 11.2. The molecular formula is C21H24FN5O4S. The van der Waals surface area contributed by atoms with Crippen LogP contribution in [0.25, 0.3) is 0 Å². The largest absolute Gasteiger partial charge is 0.494 e. The first-order chi connectivity index (χ1) is 15.5. The molecule has 2 aromatic carbocycles. The molecule has 0 saturated carbocycles. The highest BCUT2D eigenvalue weighted by Gasteiger charge is 2.15. The van der Waals surface area contributed by atoms with E-state index in [1.165, 1.54) is 28.9 Å². The molecule has 0 saturated heterocycles. The van der Waals surface area contributed by atoms with Crippen molar-refractivity contribution in [3.05, 3.63) is 54.1 Å². The summed E-state index contributed by atoms with van der Waals surface area (Å²) in [4.78, 5) is 12.5. The van der Waals surface area contributed by atoms with Gasteiger partial charge >= 0.3 is 0 Å². The Kier molecular flexibility index (Phi) is 8.14. The van der Waals surface area contributed by atoms with Gasteiger partial charge in [-0.2, -0.15) is 0 Å². The minimum Gasteiger partial charge on any atom is -0.494 e. The van der Waals surface area contributed by atoms with Gasteiger partial charge in [-0.3, -0.25) is 4.79 Å². The predicted octanol–water partition coefficient (Wildman–Crippen LogP) is 3.24. The maximum Gasteiger partial charge on any atom is 0.234 e. The summed E-state index contributed by atoms with van der Waals surface area (Å²) in [7, 11) is 0. The highest BCUT2D eigenvalue weighted by atomic mass is 32.2. The molecule has 0 aliphatic rings. The first kappa shape index (κ1) is 23.2. The molecule has 0 aliphatic heterocycles. The van der Waals surface area contributed by atoms with Crippen LogP contribution in [0.4, 0.5) is 10.1 Å². The van der Waals surface area contributed by atoms with Crippen molar-refractivity contribution < 1.29 is 23.4 Å². The lowest BCUT2D eigenvalue weighted by atomic mass is 10.2. The van der Waals surface area contributed by atoms with Gasteiger partial charge in [0.05, 0.1) is 24.7 Å². The monoisotopic (exact) mass is 461 g/mol. The zero-order chi connectivity index (χ0) is 22.9. The molecule has 0 bridgehead atoms. The number of aromatic nitrogens is 3. The molecule has 11 heteroatoms. The van der Waals surface area contributed by atoms with Crippen molar-refractivity contribution in [2.75, 3.05) is 30.1 Å². The van der Waals surface area contributed by atoms with E-state index in [9.17, 15) is 9.18 Å². The number of rotatable bonds is 11. The highest BCUT2D eigenvalue weighted by molar-refractivity contribution is 7.99. The number of thioether (sulfide) groups is 1. The van der Waals surface area contributed by atoms with Crippen LogP contribution in [0.15, 0.2) is 47.6 Å². The second-order valence-corrected chi connectivity index (χ2v) is 7.31. The van der Waals surface area contributed by atoms with Gasteiger partial charge in [0, 0.05) is 6.07 Å². The summed E-state index contributed by atoms with van der Waals surface area (Å²) in [5.74, 6) is 7.46. The molecular weight excluding hydrogens is 437 g/mol. The Morgan fingerprint density at radius 3 is 2.50 bits per heavy atom. The number of ether oxygens (including phenoxy) is 3. The first-order valence-corrected chi connectivity index (χ1v) is 10.9. The maximum atomic E-state index is 13.0. The summed E-state index contributed by atoms with van der Waals surface area (Å²) in [6.45, 7) is 4.77. The molecule has 0 radical (unpaired) electrons. The van der Waals surface area contributed by atoms with Gasteiger partial charge < -0.3 is 25.4 Å². The third kappa shape index (κ3) is 6.27. The van der Waals surface area contributed by atoms with Crippen LogP contribution in [0.5, 0.6) is 17.2 Å². The number of carbonyl (C=O) groups excluding carboxylic acids is 1. The van der Waals surface area contributed by atoms with Crippen molar-refractivity contribution in [2.24, 2.45) is 0 Å². The zero-order valence-corrected chi connectivity index (χ0v) is 18.5. The Hall–Kier alpha value is -3.47. The van der Waals surface area contributed by atoms with Gasteiger partial charge in [0.25, 0.3) is 0 Å². The quantitative estimate of drug-likeness (QED) is 0.331. The second-order valence-electron chi connectivity index (χ2n) is 6.37. The van der Waals surface area contributed by atoms with Gasteiger partial charge in [0.1, 0.15) is 29.7 Å². The molecule has 0 atom stereocenters. The van der Waals surface area contributed by atoms with Crippen molar-refractivity contribution in [1.82, 2.24) is 14.9 Å². The van der Waals surface area contributed by atoms with E-state index in [1.54, 1.807) is 18.2 Å². The number of nitrogens with one attached hydrogen (secondary N) is 1. The molecule has 32 heavy (non-hydrogen) atoms. The average Bonchev–Trinajstić information content (AvgIpc) is 3.13. The van der Waals surface area contributed by atoms with E-state index in [0.29, 0.717) is 47.1 Å². The lowest BCUT2D eigenvalue weighted by Crippen LogP contribution is -2.18. The molecule has 3 N–H and O–H groups in total. The molecule has 1 aromatic heterocycles. The Balaban J connectivity index is 1.57. The standard InChI is InChI=1S/C21H24FN5O4S/c1-3-29-16-9-10-18(30-4-2)17(11-16)24-20(28)13-32-21-26-25-19(27(21)23)12-31-15-7-5-14(22)6-8-15/h5-11H,3-4,12-13,23H2,1-2H3,(H,24,28). The van der Waals surface area contributed by atoms with Gasteiger partial charge in [0.2, 0.25) is 11.1 Å². The van der Waals surface area contributed by atoms with Crippen LogP contribution >= 0.6 is 11.8 Å². The Morgan fingerprint density at radius 1 is 1.06 bits per heavy atom. The van der Waals surface area contributed by atoms with Gasteiger partial charge in [-0.15, -0.1) is 10.2 Å². The molecule has 1 amide bonds. The predicted molar refractivity (Wildman–Crippen MR) is 119 cm³/mol. The fourth-order valence-electron chi connectivity index (χ4n) is 2.64. The Bertz CT molecular complexity index is 1050. The Morgan fingerprint density at radius 2 is 1.78 bits per heavy atom. The lowest BCUT2D eigenvalue weighted by molar-refractivity contribution is -0.113. The maximum absolute atomic E-state index is 13.0. The smallest absolute Gasteiger partial charge is 0.234 e. The summed E-state index contributed by atoms with van der Waals surface area (Å²) in [5, 5.41) is 11.1. The molecule has 170 valence electrons. The van der Waals surface area contributed by atoms with E-state index in [0.717, 1.165) is 11.8 Å². The van der Waals surface area contributed by atoms with E-state index in [1.807, 2.05) is 13.8 Å². The summed E-state index contributed by atoms with van der Waals surface area (Å²) < 4.78 is 30.8. The van der Waals surface area contributed by atoms with Crippen LogP contribution in [0.2, 0.25) is 0 Å². The minimum atomic E-state index is -0.353. The molecule has 0 spiro atoms. The average molecular weight is 462 g/mol. The molecule has 0 unspecified atom stereocenters. The van der Waals surface area contributed by atoms with E-state index < -0.39 is 0 Å². The zero-order valence-electron chi connectivity index (χ0n) is 17.7. The third-order valence-corrected chi connectivity index (χ3v) is 5.03. The minimum absolute atomic E-state index is 0.0455. The van der Waals surface area contributed by atoms with Crippen LogP contribution in [0.3, 0.4) is 0 Å². The van der Waals surface area contributed by atoms with Gasteiger partial charge in [-0.1, -0.05) is 11.8 Å². The molecule has 1 heterocycles. The van der Waals surface area contributed by atoms with E-state index in [-0.39, 0.29) is 24.1 Å². The van der Waals surface area contributed by atoms with Crippen molar-refractivity contribution in [3.63, 3.8) is 0 Å². The summed E-state index contributed by atoms with van der Waals surface area (Å²) >= 11 is 1.13. The molecule has 9 nitrogen and oxygen atoms in total. The number of anilines is 1. The van der Waals surface area contributed by atoms with Crippen LogP contribution in [0, 0.1) is 5.82 Å². The van der Waals surface area contributed by atoms with Crippen molar-refractivity contribution >= 4 is 23.4 Å². The fourth-order valence-corrected chi connectivity index (χ4v) is 3.32. The number of halogens is 1. The molecule has 0 fully saturated rings. The lowest BCUT2D eigenvalue weighted by Gasteiger charge is -2.13. The van der Waals surface area contributed by atoms with Gasteiger partial charge in [-0.05, 0) is 50.2 Å². The number of hydrogen-bond donors (Lipinski definition) is 2. The third-order valence-electron chi connectivity index (χ3n) is 4.09. The number of nitrogens with zero attached hydrogens (tertiary/aromatic N) is 3. The van der Waals surface area contributed by atoms with Gasteiger partial charge in [0.15, 0.2) is 5.82 Å².